The van der Waals surface area contributed by atoms with Gasteiger partial charge in [0.25, 0.3) is 0 Å². The Hall–Kier alpha value is -1.26. The van der Waals surface area contributed by atoms with Crippen LogP contribution >= 0.6 is 0 Å². The summed E-state index contributed by atoms with van der Waals surface area (Å²) in [5.41, 5.74) is 6.93. The lowest BCUT2D eigenvalue weighted by Crippen LogP contribution is -2.35. The molecule has 0 saturated carbocycles. The predicted octanol–water partition coefficient (Wildman–Crippen LogP) is 1.77. The normalized spacial score (nSPS) is 23.3. The molecule has 1 fully saturated rings. The van der Waals surface area contributed by atoms with Crippen LogP contribution in [0.3, 0.4) is 0 Å². The second kappa shape index (κ2) is 5.80. The van der Waals surface area contributed by atoms with Gasteiger partial charge in [-0.1, -0.05) is 12.5 Å². The first-order valence-electron chi connectivity index (χ1n) is 7.20. The largest absolute Gasteiger partial charge is 0.486 e. The Kier molecular flexibility index (Phi) is 3.89. The molecule has 3 rings (SSSR count). The Morgan fingerprint density at radius 1 is 1.16 bits per heavy atom. The van der Waals surface area contributed by atoms with Gasteiger partial charge in [-0.15, -0.1) is 0 Å². The lowest BCUT2D eigenvalue weighted by Gasteiger charge is -2.28. The zero-order valence-corrected chi connectivity index (χ0v) is 11.3. The van der Waals surface area contributed by atoms with Gasteiger partial charge in [-0.2, -0.15) is 0 Å². The highest BCUT2D eigenvalue weighted by atomic mass is 16.6. The van der Waals surface area contributed by atoms with Crippen LogP contribution in [-0.4, -0.2) is 37.2 Å². The van der Waals surface area contributed by atoms with Gasteiger partial charge in [-0.05, 0) is 43.6 Å². The molecule has 2 aliphatic heterocycles. The molecule has 0 bridgehead atoms. The molecule has 4 nitrogen and oxygen atoms in total. The van der Waals surface area contributed by atoms with E-state index in [9.17, 15) is 0 Å². The lowest BCUT2D eigenvalue weighted by molar-refractivity contribution is 0.0965. The summed E-state index contributed by atoms with van der Waals surface area (Å²) in [6, 6.07) is 6.26. The summed E-state index contributed by atoms with van der Waals surface area (Å²) in [4.78, 5) is 2.51. The third kappa shape index (κ3) is 3.01. The molecule has 19 heavy (non-hydrogen) atoms. The molecule has 0 aromatic heterocycles. The molecule has 1 unspecified atom stereocenters. The van der Waals surface area contributed by atoms with E-state index in [4.69, 9.17) is 15.2 Å². The van der Waals surface area contributed by atoms with Crippen molar-refractivity contribution in [3.05, 3.63) is 23.8 Å². The summed E-state index contributed by atoms with van der Waals surface area (Å²) in [6.45, 7) is 4.47. The minimum atomic E-state index is -0.0160. The highest BCUT2D eigenvalue weighted by Gasteiger charge is 2.20. The van der Waals surface area contributed by atoms with E-state index < -0.39 is 0 Å². The van der Waals surface area contributed by atoms with Crippen LogP contribution in [0.1, 0.15) is 24.8 Å². The molecule has 1 aromatic carbocycles. The van der Waals surface area contributed by atoms with Crippen molar-refractivity contribution in [2.75, 3.05) is 26.2 Å². The fourth-order valence-electron chi connectivity index (χ4n) is 2.75. The molecule has 1 saturated heterocycles. The Bertz CT molecular complexity index is 430. The smallest absolute Gasteiger partial charge is 0.162 e. The maximum atomic E-state index is 5.84. The average molecular weight is 262 g/mol. The van der Waals surface area contributed by atoms with Crippen molar-refractivity contribution in [3.8, 4) is 11.5 Å². The molecule has 104 valence electrons. The molecule has 0 aliphatic carbocycles. The van der Waals surface area contributed by atoms with E-state index >= 15 is 0 Å². The summed E-state index contributed by atoms with van der Waals surface area (Å²) in [6.07, 6.45) is 3.99. The second-order valence-corrected chi connectivity index (χ2v) is 5.40. The van der Waals surface area contributed by atoms with E-state index in [-0.39, 0.29) is 6.10 Å². The molecular formula is C15H22N2O2. The Morgan fingerprint density at radius 2 is 2.00 bits per heavy atom. The molecule has 0 radical (unpaired) electrons. The molecule has 2 aliphatic rings. The summed E-state index contributed by atoms with van der Waals surface area (Å²) in [5.74, 6) is 1.68. The minimum Gasteiger partial charge on any atom is -0.486 e. The van der Waals surface area contributed by atoms with Gasteiger partial charge in [0.15, 0.2) is 11.5 Å². The van der Waals surface area contributed by atoms with Crippen LogP contribution in [0.2, 0.25) is 0 Å². The van der Waals surface area contributed by atoms with Crippen molar-refractivity contribution in [3.63, 3.8) is 0 Å². The topological polar surface area (TPSA) is 47.7 Å². The quantitative estimate of drug-likeness (QED) is 0.902. The monoisotopic (exact) mass is 262 g/mol. The molecular weight excluding hydrogens is 240 g/mol. The van der Waals surface area contributed by atoms with Gasteiger partial charge in [0.1, 0.15) is 12.7 Å². The number of benzene rings is 1. The van der Waals surface area contributed by atoms with Crippen molar-refractivity contribution < 1.29 is 9.47 Å². The Morgan fingerprint density at radius 3 is 2.79 bits per heavy atom. The van der Waals surface area contributed by atoms with Gasteiger partial charge in [0.2, 0.25) is 0 Å². The molecule has 2 heterocycles. The standard InChI is InChI=1S/C15H22N2O2/c16-9-13-11-18-14-5-4-12(8-15(14)19-13)10-17-6-2-1-3-7-17/h4-5,8,13H,1-3,6-7,9-11,16H2. The van der Waals surface area contributed by atoms with Crippen LogP contribution in [0.15, 0.2) is 18.2 Å². The number of ether oxygens (including phenoxy) is 2. The third-order valence-corrected chi connectivity index (χ3v) is 3.84. The summed E-state index contributed by atoms with van der Waals surface area (Å²) < 4.78 is 11.5. The molecule has 0 spiro atoms. The molecule has 1 atom stereocenters. The number of nitrogens with two attached hydrogens (primary N) is 1. The number of rotatable bonds is 3. The molecule has 4 heteroatoms. The third-order valence-electron chi connectivity index (χ3n) is 3.84. The Labute approximate surface area is 114 Å². The Balaban J connectivity index is 1.69. The van der Waals surface area contributed by atoms with Crippen molar-refractivity contribution in [2.24, 2.45) is 5.73 Å². The summed E-state index contributed by atoms with van der Waals surface area (Å²) >= 11 is 0. The fraction of sp³-hybridized carbons (Fsp3) is 0.600. The first kappa shape index (κ1) is 12.8. The van der Waals surface area contributed by atoms with Crippen LogP contribution in [0.4, 0.5) is 0 Å². The van der Waals surface area contributed by atoms with Gasteiger partial charge in [-0.3, -0.25) is 4.90 Å². The first-order chi connectivity index (χ1) is 9.35. The van der Waals surface area contributed by atoms with E-state index in [1.807, 2.05) is 6.07 Å². The summed E-state index contributed by atoms with van der Waals surface area (Å²) in [5, 5.41) is 0. The van der Waals surface area contributed by atoms with Gasteiger partial charge >= 0.3 is 0 Å². The van der Waals surface area contributed by atoms with Crippen molar-refractivity contribution in [2.45, 2.75) is 31.9 Å². The van der Waals surface area contributed by atoms with Gasteiger partial charge in [-0.25, -0.2) is 0 Å². The second-order valence-electron chi connectivity index (χ2n) is 5.40. The summed E-state index contributed by atoms with van der Waals surface area (Å²) in [7, 11) is 0. The zero-order valence-electron chi connectivity index (χ0n) is 11.3. The van der Waals surface area contributed by atoms with Crippen molar-refractivity contribution in [1.29, 1.82) is 0 Å². The molecule has 0 amide bonds. The SMILES string of the molecule is NCC1COc2ccc(CN3CCCCC3)cc2O1. The van der Waals surface area contributed by atoms with Crippen LogP contribution in [0, 0.1) is 0 Å². The fourth-order valence-corrected chi connectivity index (χ4v) is 2.75. The number of piperidine rings is 1. The van der Waals surface area contributed by atoms with E-state index in [1.165, 1.54) is 37.9 Å². The van der Waals surface area contributed by atoms with Crippen LogP contribution < -0.4 is 15.2 Å². The van der Waals surface area contributed by atoms with Crippen molar-refractivity contribution in [1.82, 2.24) is 4.90 Å². The first-order valence-corrected chi connectivity index (χ1v) is 7.20. The number of nitrogens with zero attached hydrogens (tertiary/aromatic N) is 1. The number of hydrogen-bond acceptors (Lipinski definition) is 4. The highest BCUT2D eigenvalue weighted by molar-refractivity contribution is 5.44. The average Bonchev–Trinajstić information content (AvgIpc) is 2.47. The minimum absolute atomic E-state index is 0.0160. The highest BCUT2D eigenvalue weighted by Crippen LogP contribution is 2.32. The van der Waals surface area contributed by atoms with Crippen LogP contribution in [0.25, 0.3) is 0 Å². The number of fused-ring (bicyclic) bond motifs is 1. The lowest BCUT2D eigenvalue weighted by atomic mass is 10.1. The van der Waals surface area contributed by atoms with E-state index in [0.29, 0.717) is 13.2 Å². The number of hydrogen-bond donors (Lipinski definition) is 1. The van der Waals surface area contributed by atoms with Gasteiger partial charge < -0.3 is 15.2 Å². The predicted molar refractivity (Wildman–Crippen MR) is 74.5 cm³/mol. The zero-order chi connectivity index (χ0) is 13.1. The number of likely N-dealkylation sites (tertiary alicyclic amines) is 1. The maximum Gasteiger partial charge on any atom is 0.162 e. The van der Waals surface area contributed by atoms with E-state index in [1.54, 1.807) is 0 Å². The van der Waals surface area contributed by atoms with E-state index in [0.717, 1.165) is 18.0 Å². The molecule has 1 aromatic rings. The van der Waals surface area contributed by atoms with Gasteiger partial charge in [0, 0.05) is 13.1 Å². The molecule has 2 N–H and O–H groups in total. The maximum absolute atomic E-state index is 5.84. The van der Waals surface area contributed by atoms with Crippen LogP contribution in [-0.2, 0) is 6.54 Å². The van der Waals surface area contributed by atoms with Crippen LogP contribution in [0.5, 0.6) is 11.5 Å². The van der Waals surface area contributed by atoms with E-state index in [2.05, 4.69) is 17.0 Å². The van der Waals surface area contributed by atoms with Crippen molar-refractivity contribution >= 4 is 0 Å². The van der Waals surface area contributed by atoms with Gasteiger partial charge in [0.05, 0.1) is 0 Å².